The number of amides is 1. The van der Waals surface area contributed by atoms with Gasteiger partial charge in [0.15, 0.2) is 0 Å². The maximum atomic E-state index is 12.2. The highest BCUT2D eigenvalue weighted by Crippen LogP contribution is 2.18. The van der Waals surface area contributed by atoms with E-state index in [1.54, 1.807) is 33.2 Å². The number of pyridine rings is 1. The van der Waals surface area contributed by atoms with E-state index in [-0.39, 0.29) is 11.9 Å². The standard InChI is InChI=1S/C12H13BrN6O/c1-6-7(2)18-19-12(16-6)17-11(20)9-4-8(13)5-15-10(9)14-3/h4-5H,1-3H3,(H,14,15)(H,16,17,19,20). The van der Waals surface area contributed by atoms with E-state index in [0.717, 1.165) is 11.4 Å². The lowest BCUT2D eigenvalue weighted by molar-refractivity contribution is 0.102. The second-order valence-electron chi connectivity index (χ2n) is 4.06. The zero-order valence-electron chi connectivity index (χ0n) is 11.2. The maximum Gasteiger partial charge on any atom is 0.261 e. The lowest BCUT2D eigenvalue weighted by Gasteiger charge is -2.08. The summed E-state index contributed by atoms with van der Waals surface area (Å²) >= 11 is 3.29. The van der Waals surface area contributed by atoms with Gasteiger partial charge in [0.25, 0.3) is 5.91 Å². The Labute approximate surface area is 124 Å². The van der Waals surface area contributed by atoms with Crippen LogP contribution < -0.4 is 10.6 Å². The number of hydrogen-bond donors (Lipinski definition) is 2. The average molecular weight is 337 g/mol. The van der Waals surface area contributed by atoms with Gasteiger partial charge < -0.3 is 5.32 Å². The molecule has 0 radical (unpaired) electrons. The summed E-state index contributed by atoms with van der Waals surface area (Å²) in [6, 6.07) is 1.67. The summed E-state index contributed by atoms with van der Waals surface area (Å²) in [5.74, 6) is 0.288. The van der Waals surface area contributed by atoms with Crippen molar-refractivity contribution >= 4 is 33.6 Å². The Bertz CT molecular complexity index is 660. The molecule has 2 N–H and O–H groups in total. The van der Waals surface area contributed by atoms with Gasteiger partial charge in [0, 0.05) is 17.7 Å². The first-order chi connectivity index (χ1) is 9.51. The van der Waals surface area contributed by atoms with Crippen LogP contribution in [0.1, 0.15) is 21.7 Å². The zero-order chi connectivity index (χ0) is 14.7. The molecule has 0 atom stereocenters. The smallest absolute Gasteiger partial charge is 0.261 e. The highest BCUT2D eigenvalue weighted by molar-refractivity contribution is 9.10. The van der Waals surface area contributed by atoms with Crippen LogP contribution in [0.2, 0.25) is 0 Å². The minimum Gasteiger partial charge on any atom is -0.372 e. The molecule has 0 aliphatic rings. The number of aromatic nitrogens is 4. The van der Waals surface area contributed by atoms with E-state index in [4.69, 9.17) is 0 Å². The van der Waals surface area contributed by atoms with E-state index in [2.05, 4.69) is 46.7 Å². The van der Waals surface area contributed by atoms with E-state index >= 15 is 0 Å². The first kappa shape index (κ1) is 14.3. The van der Waals surface area contributed by atoms with E-state index in [0.29, 0.717) is 15.9 Å². The number of aryl methyl sites for hydroxylation is 2. The molecule has 0 fully saturated rings. The predicted octanol–water partition coefficient (Wildman–Crippen LogP) is 1.94. The van der Waals surface area contributed by atoms with Crippen LogP contribution in [0.3, 0.4) is 0 Å². The molecule has 2 heterocycles. The van der Waals surface area contributed by atoms with Crippen molar-refractivity contribution in [2.45, 2.75) is 13.8 Å². The van der Waals surface area contributed by atoms with Crippen LogP contribution >= 0.6 is 15.9 Å². The van der Waals surface area contributed by atoms with Crippen molar-refractivity contribution in [3.8, 4) is 0 Å². The Hall–Kier alpha value is -2.09. The zero-order valence-corrected chi connectivity index (χ0v) is 12.8. The van der Waals surface area contributed by atoms with Crippen molar-refractivity contribution < 1.29 is 4.79 Å². The molecule has 8 heteroatoms. The van der Waals surface area contributed by atoms with Gasteiger partial charge in [0.2, 0.25) is 5.95 Å². The first-order valence-corrected chi connectivity index (χ1v) is 6.63. The predicted molar refractivity (Wildman–Crippen MR) is 78.7 cm³/mol. The summed E-state index contributed by atoms with van der Waals surface area (Å²) < 4.78 is 0.709. The number of anilines is 2. The Balaban J connectivity index is 2.27. The number of nitrogens with one attached hydrogen (secondary N) is 2. The van der Waals surface area contributed by atoms with Gasteiger partial charge in [-0.3, -0.25) is 10.1 Å². The van der Waals surface area contributed by atoms with Crippen molar-refractivity contribution in [2.24, 2.45) is 0 Å². The normalized spacial score (nSPS) is 10.2. The fraction of sp³-hybridized carbons (Fsp3) is 0.250. The SMILES string of the molecule is CNc1ncc(Br)cc1C(=O)Nc1nnc(C)c(C)n1. The Morgan fingerprint density at radius 1 is 1.25 bits per heavy atom. The largest absolute Gasteiger partial charge is 0.372 e. The monoisotopic (exact) mass is 336 g/mol. The maximum absolute atomic E-state index is 12.2. The Morgan fingerprint density at radius 2 is 2.00 bits per heavy atom. The third-order valence-electron chi connectivity index (χ3n) is 2.65. The summed E-state index contributed by atoms with van der Waals surface area (Å²) in [6.45, 7) is 3.61. The number of nitrogens with zero attached hydrogens (tertiary/aromatic N) is 4. The molecule has 2 aromatic heterocycles. The number of halogens is 1. The molecule has 0 saturated heterocycles. The van der Waals surface area contributed by atoms with Gasteiger partial charge in [-0.2, -0.15) is 5.10 Å². The molecule has 2 aromatic rings. The number of carbonyl (C=O) groups is 1. The van der Waals surface area contributed by atoms with Crippen LogP contribution in [0.25, 0.3) is 0 Å². The molecule has 7 nitrogen and oxygen atoms in total. The Kier molecular flexibility index (Phi) is 4.23. The molecule has 20 heavy (non-hydrogen) atoms. The van der Waals surface area contributed by atoms with Crippen LogP contribution in [0.5, 0.6) is 0 Å². The average Bonchev–Trinajstić information content (AvgIpc) is 2.43. The summed E-state index contributed by atoms with van der Waals surface area (Å²) in [7, 11) is 1.70. The lowest BCUT2D eigenvalue weighted by atomic mass is 10.2. The number of carbonyl (C=O) groups excluding carboxylic acids is 1. The van der Waals surface area contributed by atoms with Gasteiger partial charge in [-0.1, -0.05) is 0 Å². The summed E-state index contributed by atoms with van der Waals surface area (Å²) in [5.41, 5.74) is 1.84. The van der Waals surface area contributed by atoms with Gasteiger partial charge in [-0.15, -0.1) is 5.10 Å². The van der Waals surface area contributed by atoms with Gasteiger partial charge >= 0.3 is 0 Å². The van der Waals surface area contributed by atoms with Gasteiger partial charge in [0.1, 0.15) is 5.82 Å². The van der Waals surface area contributed by atoms with Crippen molar-refractivity contribution in [3.05, 3.63) is 33.7 Å². The fourth-order valence-corrected chi connectivity index (χ4v) is 1.82. The topological polar surface area (TPSA) is 92.7 Å². The molecule has 0 aromatic carbocycles. The van der Waals surface area contributed by atoms with Crippen molar-refractivity contribution in [1.82, 2.24) is 20.2 Å². The number of rotatable bonds is 3. The highest BCUT2D eigenvalue weighted by atomic mass is 79.9. The molecule has 0 spiro atoms. The molecule has 104 valence electrons. The molecule has 0 aliphatic heterocycles. The molecule has 0 bridgehead atoms. The van der Waals surface area contributed by atoms with Crippen molar-refractivity contribution in [3.63, 3.8) is 0 Å². The van der Waals surface area contributed by atoms with Crippen LogP contribution in [0.15, 0.2) is 16.7 Å². The summed E-state index contributed by atoms with van der Waals surface area (Å²) in [4.78, 5) is 20.5. The molecule has 0 unspecified atom stereocenters. The molecule has 0 saturated carbocycles. The number of hydrogen-bond acceptors (Lipinski definition) is 6. The fourth-order valence-electron chi connectivity index (χ4n) is 1.49. The van der Waals surface area contributed by atoms with E-state index in [9.17, 15) is 4.79 Å². The second-order valence-corrected chi connectivity index (χ2v) is 4.98. The molecule has 2 rings (SSSR count). The van der Waals surface area contributed by atoms with Crippen molar-refractivity contribution in [2.75, 3.05) is 17.7 Å². The van der Waals surface area contributed by atoms with Crippen molar-refractivity contribution in [1.29, 1.82) is 0 Å². The lowest BCUT2D eigenvalue weighted by Crippen LogP contribution is -2.17. The molecular formula is C12H13BrN6O. The Morgan fingerprint density at radius 3 is 2.65 bits per heavy atom. The van der Waals surface area contributed by atoms with E-state index < -0.39 is 0 Å². The molecular weight excluding hydrogens is 324 g/mol. The minimum atomic E-state index is -0.354. The van der Waals surface area contributed by atoms with Gasteiger partial charge in [-0.25, -0.2) is 9.97 Å². The first-order valence-electron chi connectivity index (χ1n) is 5.84. The molecule has 1 amide bonds. The third-order valence-corrected chi connectivity index (χ3v) is 3.09. The van der Waals surface area contributed by atoms with Crippen LogP contribution in [-0.4, -0.2) is 33.1 Å². The molecule has 0 aliphatic carbocycles. The van der Waals surface area contributed by atoms with Crippen LogP contribution in [0.4, 0.5) is 11.8 Å². The second kappa shape index (κ2) is 5.91. The van der Waals surface area contributed by atoms with E-state index in [1.165, 1.54) is 0 Å². The van der Waals surface area contributed by atoms with Crippen LogP contribution in [0, 0.1) is 13.8 Å². The third kappa shape index (κ3) is 3.08. The summed E-state index contributed by atoms with van der Waals surface area (Å²) in [5, 5.41) is 13.2. The van der Waals surface area contributed by atoms with E-state index in [1.807, 2.05) is 0 Å². The van der Waals surface area contributed by atoms with Crippen LogP contribution in [-0.2, 0) is 0 Å². The van der Waals surface area contributed by atoms with Gasteiger partial charge in [0.05, 0.1) is 17.0 Å². The summed E-state index contributed by atoms with van der Waals surface area (Å²) in [6.07, 6.45) is 1.61. The van der Waals surface area contributed by atoms with Gasteiger partial charge in [-0.05, 0) is 35.8 Å². The highest BCUT2D eigenvalue weighted by Gasteiger charge is 2.14. The minimum absolute atomic E-state index is 0.167. The quantitative estimate of drug-likeness (QED) is 0.889.